The van der Waals surface area contributed by atoms with E-state index in [0.717, 1.165) is 42.2 Å². The number of para-hydroxylation sites is 1. The molecule has 134 valence electrons. The van der Waals surface area contributed by atoms with Crippen molar-refractivity contribution in [2.45, 2.75) is 0 Å². The van der Waals surface area contributed by atoms with Gasteiger partial charge in [0.05, 0.1) is 17.4 Å². The van der Waals surface area contributed by atoms with Gasteiger partial charge in [-0.3, -0.25) is 4.40 Å². The zero-order chi connectivity index (χ0) is 18.7. The molecule has 0 atom stereocenters. The van der Waals surface area contributed by atoms with E-state index >= 15 is 0 Å². The highest BCUT2D eigenvalue weighted by atomic mass is 79.9. The normalized spacial score (nSPS) is 11.8. The Morgan fingerprint density at radius 3 is 2.68 bits per heavy atom. The van der Waals surface area contributed by atoms with Gasteiger partial charge in [0.25, 0.3) is 0 Å². The van der Waals surface area contributed by atoms with Gasteiger partial charge in [-0.15, -0.1) is 10.2 Å². The highest BCUT2D eigenvalue weighted by Crippen LogP contribution is 2.29. The van der Waals surface area contributed by atoms with Gasteiger partial charge in [-0.1, -0.05) is 51.5 Å². The summed E-state index contributed by atoms with van der Waals surface area (Å²) in [5.74, 6) is 0.661. The average molecular weight is 448 g/mol. The average Bonchev–Trinajstić information content (AvgIpc) is 3.41. The molecule has 0 saturated heterocycles. The van der Waals surface area contributed by atoms with Crippen LogP contribution in [0.4, 0.5) is 0 Å². The molecule has 4 aromatic heterocycles. The first-order valence-corrected chi connectivity index (χ1v) is 10.1. The third-order valence-corrected chi connectivity index (χ3v) is 5.97. The number of halogens is 1. The van der Waals surface area contributed by atoms with Gasteiger partial charge in [0.2, 0.25) is 10.8 Å². The standard InChI is InChI=1S/C19H10BrN7S/c20-12-7-5-11(6-8-12)15-9-27-19(22-15)28-18(25-27)17-24-23-16-13-3-1-2-4-14(13)21-10-26(16)17/h1-10H. The van der Waals surface area contributed by atoms with Crippen molar-refractivity contribution in [2.24, 2.45) is 0 Å². The van der Waals surface area contributed by atoms with Gasteiger partial charge in [0, 0.05) is 15.4 Å². The Labute approximate surface area is 170 Å². The predicted molar refractivity (Wildman–Crippen MR) is 111 cm³/mol. The lowest BCUT2D eigenvalue weighted by Crippen LogP contribution is -1.93. The molecule has 0 spiro atoms. The molecule has 0 amide bonds. The highest BCUT2D eigenvalue weighted by molar-refractivity contribution is 9.10. The summed E-state index contributed by atoms with van der Waals surface area (Å²) >= 11 is 4.93. The number of fused-ring (bicyclic) bond motifs is 4. The molecule has 0 unspecified atom stereocenters. The van der Waals surface area contributed by atoms with Crippen LogP contribution in [0, 0.1) is 0 Å². The van der Waals surface area contributed by atoms with Crippen LogP contribution in [0.5, 0.6) is 0 Å². The Kier molecular flexibility index (Phi) is 3.35. The van der Waals surface area contributed by atoms with Crippen LogP contribution >= 0.6 is 27.3 Å². The quantitative estimate of drug-likeness (QED) is 0.391. The van der Waals surface area contributed by atoms with Gasteiger partial charge in [-0.05, 0) is 24.3 Å². The molecule has 7 nitrogen and oxygen atoms in total. The lowest BCUT2D eigenvalue weighted by atomic mass is 10.2. The topological polar surface area (TPSA) is 73.3 Å². The van der Waals surface area contributed by atoms with Gasteiger partial charge >= 0.3 is 0 Å². The smallest absolute Gasteiger partial charge is 0.213 e. The largest absolute Gasteiger partial charge is 0.263 e. The molecule has 0 aliphatic carbocycles. The molecular formula is C19H10BrN7S. The molecule has 4 heterocycles. The summed E-state index contributed by atoms with van der Waals surface area (Å²) in [6, 6.07) is 15.9. The fraction of sp³-hybridized carbons (Fsp3) is 0. The minimum atomic E-state index is 0.661. The number of rotatable bonds is 2. The number of nitrogens with zero attached hydrogens (tertiary/aromatic N) is 7. The SMILES string of the molecule is Brc1ccc(-c2cn3nc(-c4nnc5c6ccccc6ncn45)sc3n2)cc1. The van der Waals surface area contributed by atoms with E-state index in [1.54, 1.807) is 10.8 Å². The summed E-state index contributed by atoms with van der Waals surface area (Å²) in [6.45, 7) is 0. The highest BCUT2D eigenvalue weighted by Gasteiger charge is 2.17. The maximum absolute atomic E-state index is 4.70. The molecule has 28 heavy (non-hydrogen) atoms. The molecule has 0 saturated carbocycles. The van der Waals surface area contributed by atoms with Gasteiger partial charge in [0.15, 0.2) is 10.7 Å². The summed E-state index contributed by atoms with van der Waals surface area (Å²) in [4.78, 5) is 10.0. The van der Waals surface area contributed by atoms with Crippen molar-refractivity contribution in [2.75, 3.05) is 0 Å². The second-order valence-corrected chi connectivity index (χ2v) is 8.12. The first kappa shape index (κ1) is 15.8. The number of benzene rings is 2. The number of imidazole rings is 1. The van der Waals surface area contributed by atoms with Crippen molar-refractivity contribution in [1.82, 2.24) is 34.2 Å². The van der Waals surface area contributed by atoms with Crippen LogP contribution in [0.1, 0.15) is 0 Å². The van der Waals surface area contributed by atoms with E-state index in [9.17, 15) is 0 Å². The number of hydrogen-bond acceptors (Lipinski definition) is 6. The van der Waals surface area contributed by atoms with Gasteiger partial charge < -0.3 is 0 Å². The van der Waals surface area contributed by atoms with E-state index in [1.807, 2.05) is 59.1 Å². The van der Waals surface area contributed by atoms with E-state index in [1.165, 1.54) is 11.3 Å². The van der Waals surface area contributed by atoms with E-state index in [4.69, 9.17) is 4.98 Å². The second-order valence-electron chi connectivity index (χ2n) is 6.25. The maximum Gasteiger partial charge on any atom is 0.213 e. The first-order valence-electron chi connectivity index (χ1n) is 8.47. The minimum absolute atomic E-state index is 0.661. The summed E-state index contributed by atoms with van der Waals surface area (Å²) in [5, 5.41) is 15.1. The molecule has 0 bridgehead atoms. The van der Waals surface area contributed by atoms with E-state index in [0.29, 0.717) is 5.82 Å². The Morgan fingerprint density at radius 2 is 1.82 bits per heavy atom. The fourth-order valence-electron chi connectivity index (χ4n) is 3.18. The molecule has 0 N–H and O–H groups in total. The molecule has 0 fully saturated rings. The van der Waals surface area contributed by atoms with Crippen LogP contribution in [0.25, 0.3) is 43.6 Å². The van der Waals surface area contributed by atoms with Crippen molar-refractivity contribution in [3.8, 4) is 22.1 Å². The molecule has 2 aromatic carbocycles. The Balaban J connectivity index is 1.47. The predicted octanol–water partition coefficient (Wildman–Crippen LogP) is 4.48. The van der Waals surface area contributed by atoms with Crippen molar-refractivity contribution in [3.63, 3.8) is 0 Å². The fourth-order valence-corrected chi connectivity index (χ4v) is 4.30. The van der Waals surface area contributed by atoms with Crippen molar-refractivity contribution < 1.29 is 0 Å². The van der Waals surface area contributed by atoms with Crippen LogP contribution in [-0.4, -0.2) is 34.2 Å². The monoisotopic (exact) mass is 447 g/mol. The number of hydrogen-bond donors (Lipinski definition) is 0. The van der Waals surface area contributed by atoms with Gasteiger partial charge in [-0.2, -0.15) is 5.10 Å². The molecule has 0 radical (unpaired) electrons. The molecule has 6 rings (SSSR count). The third kappa shape index (κ3) is 2.36. The van der Waals surface area contributed by atoms with Crippen molar-refractivity contribution in [3.05, 3.63) is 65.5 Å². The summed E-state index contributed by atoms with van der Waals surface area (Å²) in [5.41, 5.74) is 3.59. The second kappa shape index (κ2) is 5.91. The van der Waals surface area contributed by atoms with Crippen LogP contribution in [-0.2, 0) is 0 Å². The summed E-state index contributed by atoms with van der Waals surface area (Å²) in [6.07, 6.45) is 3.67. The van der Waals surface area contributed by atoms with Gasteiger partial charge in [0.1, 0.15) is 6.33 Å². The van der Waals surface area contributed by atoms with Crippen molar-refractivity contribution in [1.29, 1.82) is 0 Å². The first-order chi connectivity index (χ1) is 13.8. The van der Waals surface area contributed by atoms with E-state index in [-0.39, 0.29) is 0 Å². The zero-order valence-corrected chi connectivity index (χ0v) is 16.6. The Morgan fingerprint density at radius 1 is 0.964 bits per heavy atom. The van der Waals surface area contributed by atoms with Gasteiger partial charge in [-0.25, -0.2) is 14.5 Å². The van der Waals surface area contributed by atoms with Crippen LogP contribution in [0.2, 0.25) is 0 Å². The molecule has 9 heteroatoms. The zero-order valence-electron chi connectivity index (χ0n) is 14.2. The number of aromatic nitrogens is 7. The van der Waals surface area contributed by atoms with Crippen LogP contribution in [0.15, 0.2) is 65.5 Å². The summed E-state index contributed by atoms with van der Waals surface area (Å²) < 4.78 is 4.70. The van der Waals surface area contributed by atoms with E-state index in [2.05, 4.69) is 36.2 Å². The Hall–Kier alpha value is -3.17. The summed E-state index contributed by atoms with van der Waals surface area (Å²) in [7, 11) is 0. The van der Waals surface area contributed by atoms with Crippen LogP contribution < -0.4 is 0 Å². The van der Waals surface area contributed by atoms with Crippen molar-refractivity contribution >= 4 is 48.8 Å². The molecule has 0 aliphatic heterocycles. The lowest BCUT2D eigenvalue weighted by molar-refractivity contribution is 0.960. The molecule has 0 aliphatic rings. The molecule has 6 aromatic rings. The lowest BCUT2D eigenvalue weighted by Gasteiger charge is -1.99. The minimum Gasteiger partial charge on any atom is -0.263 e. The van der Waals surface area contributed by atoms with E-state index < -0.39 is 0 Å². The Bertz CT molecular complexity index is 1450. The maximum atomic E-state index is 4.70. The third-order valence-electron chi connectivity index (χ3n) is 4.53. The van der Waals surface area contributed by atoms with Crippen LogP contribution in [0.3, 0.4) is 0 Å². The molecular weight excluding hydrogens is 438 g/mol.